The van der Waals surface area contributed by atoms with Gasteiger partial charge in [-0.25, -0.2) is 4.79 Å². The number of nitro groups is 2. The number of nitrogens with two attached hydrogens (primary N) is 3. The van der Waals surface area contributed by atoms with E-state index in [4.69, 9.17) is 17.2 Å². The molecular formula is C41H61N13O12. The molecule has 362 valence electrons. The number of carbonyl (C=O) groups is 7. The largest absolute Gasteiger partial charge is 0.480 e. The minimum absolute atomic E-state index is 0.0282. The number of hydrogen-bond acceptors (Lipinski definition) is 14. The molecule has 0 bridgehead atoms. The molecule has 25 heteroatoms. The molecule has 2 unspecified atom stereocenters. The normalized spacial score (nSPS) is 13.5. The van der Waals surface area contributed by atoms with Crippen molar-refractivity contribution in [1.29, 1.82) is 0 Å². The number of anilines is 2. The number of amides is 6. The Morgan fingerprint density at radius 2 is 1.39 bits per heavy atom. The molecule has 0 aromatic heterocycles. The van der Waals surface area contributed by atoms with Crippen molar-refractivity contribution < 1.29 is 48.5 Å². The number of rotatable bonds is 28. The number of nitrogens with one attached hydrogen (secondary N) is 7. The molecule has 0 aliphatic carbocycles. The zero-order valence-corrected chi connectivity index (χ0v) is 37.5. The summed E-state index contributed by atoms with van der Waals surface area (Å²) in [5, 5.41) is 50.3. The molecular weight excluding hydrogens is 867 g/mol. The highest BCUT2D eigenvalue weighted by molar-refractivity contribution is 6.01. The number of para-hydroxylation sites is 1. The van der Waals surface area contributed by atoms with Crippen molar-refractivity contribution >= 4 is 70.1 Å². The predicted molar refractivity (Wildman–Crippen MR) is 242 cm³/mol. The smallest absolute Gasteiger partial charge is 0.326 e. The van der Waals surface area contributed by atoms with Crippen molar-refractivity contribution in [2.75, 3.05) is 30.7 Å². The van der Waals surface area contributed by atoms with Crippen molar-refractivity contribution in [3.8, 4) is 0 Å². The summed E-state index contributed by atoms with van der Waals surface area (Å²) in [6, 6.07) is 3.01. The van der Waals surface area contributed by atoms with E-state index in [1.54, 1.807) is 39.8 Å². The van der Waals surface area contributed by atoms with Gasteiger partial charge in [0.25, 0.3) is 17.3 Å². The molecule has 2 rings (SSSR count). The molecule has 0 spiro atoms. The van der Waals surface area contributed by atoms with Crippen LogP contribution in [0.3, 0.4) is 0 Å². The first-order valence-corrected chi connectivity index (χ1v) is 21.2. The molecule has 6 atom stereocenters. The van der Waals surface area contributed by atoms with Gasteiger partial charge in [0, 0.05) is 24.8 Å². The Kier molecular flexibility index (Phi) is 22.2. The van der Waals surface area contributed by atoms with E-state index in [1.165, 1.54) is 25.1 Å². The van der Waals surface area contributed by atoms with Gasteiger partial charge in [-0.05, 0) is 69.1 Å². The van der Waals surface area contributed by atoms with Crippen LogP contribution in [-0.2, 0) is 28.8 Å². The number of benzene rings is 2. The lowest BCUT2D eigenvalue weighted by Crippen LogP contribution is -2.60. The first-order chi connectivity index (χ1) is 31.1. The van der Waals surface area contributed by atoms with E-state index in [0.29, 0.717) is 6.42 Å². The fourth-order valence-electron chi connectivity index (χ4n) is 6.26. The number of carboxylic acid groups (broad SMARTS) is 1. The molecule has 0 heterocycles. The van der Waals surface area contributed by atoms with Crippen LogP contribution in [0.2, 0.25) is 0 Å². The second-order valence-electron chi connectivity index (χ2n) is 15.7. The number of nitro benzene ring substituents is 2. The lowest BCUT2D eigenvalue weighted by atomic mass is 9.96. The van der Waals surface area contributed by atoms with Crippen molar-refractivity contribution in [3.05, 3.63) is 68.3 Å². The first-order valence-electron chi connectivity index (χ1n) is 21.2. The molecule has 14 N–H and O–H groups in total. The SMILES string of the molecule is CCC(C)[C@H](NC(=O)CNC(=O)c1ccccc1N)C(=O)NC(C(=O)N[C@@H](CCCN=C(N)N)C(=O)N[C@@H](C)C(=O)N[C@@H](CCCCNc1ccc([N+](=O)[O-])cc1[N+](=O)[O-])C(=O)O)C(C)C. The number of aliphatic imine (C=N–C) groups is 1. The average molecular weight is 928 g/mol. The molecule has 2 aromatic carbocycles. The number of nitrogens with zero attached hydrogens (tertiary/aromatic N) is 3. The molecule has 0 saturated heterocycles. The molecule has 0 radical (unpaired) electrons. The first kappa shape index (κ1) is 54.5. The second-order valence-corrected chi connectivity index (χ2v) is 15.7. The van der Waals surface area contributed by atoms with Gasteiger partial charge in [-0.1, -0.05) is 46.2 Å². The van der Waals surface area contributed by atoms with Gasteiger partial charge in [0.1, 0.15) is 35.9 Å². The predicted octanol–water partition coefficient (Wildman–Crippen LogP) is 0.382. The maximum Gasteiger partial charge on any atom is 0.326 e. The Morgan fingerprint density at radius 1 is 0.758 bits per heavy atom. The van der Waals surface area contributed by atoms with Gasteiger partial charge in [-0.3, -0.25) is 54.0 Å². The average Bonchev–Trinajstić information content (AvgIpc) is 3.26. The number of non-ortho nitro benzene ring substituents is 1. The summed E-state index contributed by atoms with van der Waals surface area (Å²) in [5.74, 6) is -7.01. The van der Waals surface area contributed by atoms with Crippen LogP contribution in [0.1, 0.15) is 83.5 Å². The molecule has 0 fully saturated rings. The monoisotopic (exact) mass is 927 g/mol. The second kappa shape index (κ2) is 26.9. The maximum atomic E-state index is 13.8. The highest BCUT2D eigenvalue weighted by atomic mass is 16.6. The van der Waals surface area contributed by atoms with E-state index in [0.717, 1.165) is 12.1 Å². The van der Waals surface area contributed by atoms with Crippen LogP contribution in [0.4, 0.5) is 22.7 Å². The Balaban J connectivity index is 2.10. The number of aliphatic carboxylic acids is 1. The van der Waals surface area contributed by atoms with Crippen LogP contribution in [0.15, 0.2) is 47.5 Å². The third-order valence-electron chi connectivity index (χ3n) is 10.2. The fraction of sp³-hybridized carbons (Fsp3) is 0.512. The van der Waals surface area contributed by atoms with E-state index >= 15 is 0 Å². The van der Waals surface area contributed by atoms with Crippen LogP contribution in [-0.4, -0.2) is 112 Å². The third kappa shape index (κ3) is 17.9. The Bertz CT molecular complexity index is 2100. The highest BCUT2D eigenvalue weighted by Gasteiger charge is 2.34. The summed E-state index contributed by atoms with van der Waals surface area (Å²) in [6.45, 7) is 7.82. The molecule has 66 heavy (non-hydrogen) atoms. The van der Waals surface area contributed by atoms with Crippen LogP contribution in [0, 0.1) is 32.1 Å². The Hall–Kier alpha value is -7.60. The lowest BCUT2D eigenvalue weighted by molar-refractivity contribution is -0.393. The van der Waals surface area contributed by atoms with Crippen molar-refractivity contribution in [1.82, 2.24) is 31.9 Å². The summed E-state index contributed by atoms with van der Waals surface area (Å²) in [5.41, 5.74) is 16.1. The van der Waals surface area contributed by atoms with Crippen molar-refractivity contribution in [3.63, 3.8) is 0 Å². The molecule has 0 saturated carbocycles. The number of nitrogen functional groups attached to an aromatic ring is 1. The zero-order chi connectivity index (χ0) is 49.7. The summed E-state index contributed by atoms with van der Waals surface area (Å²) >= 11 is 0. The van der Waals surface area contributed by atoms with E-state index in [2.05, 4.69) is 42.2 Å². The highest BCUT2D eigenvalue weighted by Crippen LogP contribution is 2.29. The number of hydrogen-bond donors (Lipinski definition) is 11. The van der Waals surface area contributed by atoms with E-state index < -0.39 is 111 Å². The Morgan fingerprint density at radius 3 is 1.98 bits per heavy atom. The van der Waals surface area contributed by atoms with E-state index in [-0.39, 0.29) is 68.1 Å². The zero-order valence-electron chi connectivity index (χ0n) is 37.5. The van der Waals surface area contributed by atoms with Crippen LogP contribution in [0.25, 0.3) is 0 Å². The van der Waals surface area contributed by atoms with E-state index in [1.807, 2.05) is 0 Å². The van der Waals surface area contributed by atoms with Gasteiger partial charge in [-0.2, -0.15) is 0 Å². The number of carbonyl (C=O) groups excluding carboxylic acids is 6. The quantitative estimate of drug-likeness (QED) is 0.0137. The van der Waals surface area contributed by atoms with Gasteiger partial charge in [0.15, 0.2) is 5.96 Å². The third-order valence-corrected chi connectivity index (χ3v) is 10.2. The minimum Gasteiger partial charge on any atom is -0.480 e. The number of carboxylic acids is 1. The van der Waals surface area contributed by atoms with Crippen molar-refractivity contribution in [2.24, 2.45) is 28.3 Å². The minimum atomic E-state index is -1.40. The maximum absolute atomic E-state index is 13.8. The van der Waals surface area contributed by atoms with Crippen LogP contribution >= 0.6 is 0 Å². The summed E-state index contributed by atoms with van der Waals surface area (Å²) in [7, 11) is 0. The molecule has 0 aliphatic rings. The summed E-state index contributed by atoms with van der Waals surface area (Å²) < 4.78 is 0. The number of unbranched alkanes of at least 4 members (excludes halogenated alkanes) is 1. The van der Waals surface area contributed by atoms with Crippen molar-refractivity contribution in [2.45, 2.75) is 103 Å². The van der Waals surface area contributed by atoms with Gasteiger partial charge in [0.2, 0.25) is 29.5 Å². The fourth-order valence-corrected chi connectivity index (χ4v) is 6.26. The lowest BCUT2D eigenvalue weighted by Gasteiger charge is -2.29. The molecule has 2 aromatic rings. The van der Waals surface area contributed by atoms with Gasteiger partial charge in [-0.15, -0.1) is 0 Å². The number of guanidine groups is 1. The standard InChI is InChI=1S/C41H61N13O12/c1-6-23(4)34(51-32(55)21-47-36(57)26-12-7-8-13-27(26)42)39(60)52-33(22(2)3)38(59)49-29(15-11-19-46-41(43)44)37(58)48-24(5)35(56)50-30(40(61)62)14-9-10-18-45-28-17-16-25(53(63)64)20-31(28)54(65)66/h7-8,12-13,16-17,20,22-24,29-30,33-34,45H,6,9-11,14-15,18-19,21,42H2,1-5H3,(H,47,57)(H,48,58)(H,49,59)(H,50,56)(H,51,55)(H,52,60)(H,61,62)(H4,43,44,46)/t23?,24-,29-,30-,33?,34-/m0/s1. The van der Waals surface area contributed by atoms with E-state index in [9.17, 15) is 58.9 Å². The summed E-state index contributed by atoms with van der Waals surface area (Å²) in [4.78, 5) is 117. The Labute approximate surface area is 380 Å². The molecule has 0 aliphatic heterocycles. The van der Waals surface area contributed by atoms with Gasteiger partial charge < -0.3 is 59.5 Å². The molecule has 6 amide bonds. The molecule has 25 nitrogen and oxygen atoms in total. The topological polar surface area (TPSA) is 401 Å². The van der Waals surface area contributed by atoms with Gasteiger partial charge >= 0.3 is 5.97 Å². The van der Waals surface area contributed by atoms with Crippen LogP contribution in [0.5, 0.6) is 0 Å². The van der Waals surface area contributed by atoms with Crippen LogP contribution < -0.4 is 54.4 Å². The van der Waals surface area contributed by atoms with Gasteiger partial charge in [0.05, 0.1) is 28.0 Å². The summed E-state index contributed by atoms with van der Waals surface area (Å²) in [6.07, 6.45) is 1.02.